The number of benzene rings is 1. The molecule has 1 atom stereocenters. The SMILES string of the molecule is O=C(COc1ccccc1)N[C@H]1Cc2c(C(=O)NCc3cccnc3)cnn2C1. The number of fused-ring (bicyclic) bond motifs is 1. The number of pyridine rings is 1. The van der Waals surface area contributed by atoms with E-state index in [-0.39, 0.29) is 24.5 Å². The van der Waals surface area contributed by atoms with Crippen molar-refractivity contribution in [2.75, 3.05) is 6.61 Å². The van der Waals surface area contributed by atoms with Crippen LogP contribution in [0.1, 0.15) is 21.6 Å². The van der Waals surface area contributed by atoms with Crippen molar-refractivity contribution >= 4 is 11.8 Å². The van der Waals surface area contributed by atoms with Crippen LogP contribution in [-0.2, 0) is 24.3 Å². The van der Waals surface area contributed by atoms with E-state index in [1.165, 1.54) is 0 Å². The number of nitrogens with one attached hydrogen (secondary N) is 2. The smallest absolute Gasteiger partial charge is 0.258 e. The molecule has 0 fully saturated rings. The number of para-hydroxylation sites is 1. The van der Waals surface area contributed by atoms with Gasteiger partial charge in [0.1, 0.15) is 5.75 Å². The molecule has 2 N–H and O–H groups in total. The Balaban J connectivity index is 1.29. The fourth-order valence-electron chi connectivity index (χ4n) is 3.29. The molecule has 8 heteroatoms. The van der Waals surface area contributed by atoms with E-state index in [9.17, 15) is 9.59 Å². The summed E-state index contributed by atoms with van der Waals surface area (Å²) in [5, 5.41) is 10.1. The van der Waals surface area contributed by atoms with E-state index >= 15 is 0 Å². The van der Waals surface area contributed by atoms with Crippen molar-refractivity contribution in [1.82, 2.24) is 25.4 Å². The number of hydrogen-bond donors (Lipinski definition) is 2. The molecule has 0 saturated heterocycles. The lowest BCUT2D eigenvalue weighted by Crippen LogP contribution is -2.39. The Morgan fingerprint density at radius 1 is 1.14 bits per heavy atom. The van der Waals surface area contributed by atoms with Crippen LogP contribution in [0.15, 0.2) is 61.1 Å². The molecule has 0 aliphatic carbocycles. The van der Waals surface area contributed by atoms with Gasteiger partial charge in [0.05, 0.1) is 30.0 Å². The van der Waals surface area contributed by atoms with Crippen LogP contribution in [0.3, 0.4) is 0 Å². The average molecular weight is 391 g/mol. The normalized spacial score (nSPS) is 14.8. The summed E-state index contributed by atoms with van der Waals surface area (Å²) < 4.78 is 7.23. The Bertz CT molecular complexity index is 988. The standard InChI is InChI=1S/C21H21N5O3/c27-20(14-29-17-6-2-1-3-7-17)25-16-9-19-18(12-24-26(19)13-16)21(28)23-11-15-5-4-8-22-10-15/h1-8,10,12,16H,9,11,13-14H2,(H,23,28)(H,25,27)/t16-/m0/s1. The zero-order valence-electron chi connectivity index (χ0n) is 15.7. The minimum atomic E-state index is -0.202. The molecule has 0 unspecified atom stereocenters. The fourth-order valence-corrected chi connectivity index (χ4v) is 3.29. The molecule has 0 radical (unpaired) electrons. The molecule has 0 saturated carbocycles. The van der Waals surface area contributed by atoms with Crippen molar-refractivity contribution in [3.63, 3.8) is 0 Å². The van der Waals surface area contributed by atoms with Crippen molar-refractivity contribution in [2.45, 2.75) is 25.6 Å². The second-order valence-electron chi connectivity index (χ2n) is 6.80. The van der Waals surface area contributed by atoms with Crippen molar-refractivity contribution in [2.24, 2.45) is 0 Å². The van der Waals surface area contributed by atoms with Crippen LogP contribution in [0, 0.1) is 0 Å². The number of rotatable bonds is 7. The van der Waals surface area contributed by atoms with Crippen LogP contribution in [0.4, 0.5) is 0 Å². The van der Waals surface area contributed by atoms with Crippen molar-refractivity contribution in [1.29, 1.82) is 0 Å². The molecule has 3 heterocycles. The van der Waals surface area contributed by atoms with Gasteiger partial charge in [-0.2, -0.15) is 5.10 Å². The van der Waals surface area contributed by atoms with Gasteiger partial charge in [0.15, 0.2) is 6.61 Å². The molecule has 1 aromatic carbocycles. The first kappa shape index (κ1) is 18.7. The van der Waals surface area contributed by atoms with Gasteiger partial charge in [-0.15, -0.1) is 0 Å². The molecule has 2 aromatic heterocycles. The van der Waals surface area contributed by atoms with Gasteiger partial charge in [0.2, 0.25) is 0 Å². The van der Waals surface area contributed by atoms with E-state index in [1.54, 1.807) is 35.4 Å². The van der Waals surface area contributed by atoms with Gasteiger partial charge in [-0.1, -0.05) is 24.3 Å². The van der Waals surface area contributed by atoms with E-state index in [4.69, 9.17) is 4.74 Å². The van der Waals surface area contributed by atoms with Crippen molar-refractivity contribution < 1.29 is 14.3 Å². The second kappa shape index (κ2) is 8.55. The first-order valence-corrected chi connectivity index (χ1v) is 9.38. The molecule has 148 valence electrons. The summed E-state index contributed by atoms with van der Waals surface area (Å²) in [7, 11) is 0. The highest BCUT2D eigenvalue weighted by molar-refractivity contribution is 5.95. The molecule has 2 amide bonds. The largest absolute Gasteiger partial charge is 0.484 e. The highest BCUT2D eigenvalue weighted by atomic mass is 16.5. The number of nitrogens with zero attached hydrogens (tertiary/aromatic N) is 3. The van der Waals surface area contributed by atoms with Crippen molar-refractivity contribution in [3.05, 3.63) is 77.9 Å². The van der Waals surface area contributed by atoms with Crippen LogP contribution in [-0.4, -0.2) is 39.2 Å². The van der Waals surface area contributed by atoms with E-state index in [0.29, 0.717) is 30.8 Å². The Hall–Kier alpha value is -3.68. The quantitative estimate of drug-likeness (QED) is 0.633. The van der Waals surface area contributed by atoms with Gasteiger partial charge in [0, 0.05) is 25.4 Å². The summed E-state index contributed by atoms with van der Waals surface area (Å²) in [6.45, 7) is 0.873. The molecule has 29 heavy (non-hydrogen) atoms. The zero-order chi connectivity index (χ0) is 20.1. The summed E-state index contributed by atoms with van der Waals surface area (Å²) in [4.78, 5) is 28.7. The fraction of sp³-hybridized carbons (Fsp3) is 0.238. The summed E-state index contributed by atoms with van der Waals surface area (Å²) in [6, 6.07) is 12.8. The highest BCUT2D eigenvalue weighted by Crippen LogP contribution is 2.19. The first-order chi connectivity index (χ1) is 14.2. The molecule has 0 spiro atoms. The Morgan fingerprint density at radius 3 is 2.79 bits per heavy atom. The highest BCUT2D eigenvalue weighted by Gasteiger charge is 2.28. The van der Waals surface area contributed by atoms with E-state index in [2.05, 4.69) is 20.7 Å². The van der Waals surface area contributed by atoms with E-state index in [1.807, 2.05) is 30.3 Å². The number of ether oxygens (including phenoxy) is 1. The maximum atomic E-state index is 12.5. The minimum Gasteiger partial charge on any atom is -0.484 e. The van der Waals surface area contributed by atoms with E-state index in [0.717, 1.165) is 11.3 Å². The van der Waals surface area contributed by atoms with Gasteiger partial charge in [-0.25, -0.2) is 0 Å². The first-order valence-electron chi connectivity index (χ1n) is 9.38. The average Bonchev–Trinajstić information content (AvgIpc) is 3.32. The van der Waals surface area contributed by atoms with Crippen LogP contribution in [0.2, 0.25) is 0 Å². The predicted molar refractivity (Wildman–Crippen MR) is 105 cm³/mol. The number of aromatic nitrogens is 3. The number of carbonyl (C=O) groups is 2. The Morgan fingerprint density at radius 2 is 2.00 bits per heavy atom. The van der Waals surface area contributed by atoms with Crippen LogP contribution in [0.25, 0.3) is 0 Å². The molecular weight excluding hydrogens is 370 g/mol. The predicted octanol–water partition coefficient (Wildman–Crippen LogP) is 1.33. The number of amides is 2. The second-order valence-corrected chi connectivity index (χ2v) is 6.80. The summed E-state index contributed by atoms with van der Waals surface area (Å²) >= 11 is 0. The van der Waals surface area contributed by atoms with Gasteiger partial charge >= 0.3 is 0 Å². The summed E-state index contributed by atoms with van der Waals surface area (Å²) in [6.07, 6.45) is 5.53. The molecule has 3 aromatic rings. The minimum absolute atomic E-state index is 0.0543. The monoisotopic (exact) mass is 391 g/mol. The van der Waals surface area contributed by atoms with Crippen LogP contribution >= 0.6 is 0 Å². The molecule has 8 nitrogen and oxygen atoms in total. The van der Waals surface area contributed by atoms with Crippen molar-refractivity contribution in [3.8, 4) is 5.75 Å². The third-order valence-electron chi connectivity index (χ3n) is 4.68. The Labute approximate surface area is 167 Å². The molecule has 1 aliphatic rings. The van der Waals surface area contributed by atoms with Gasteiger partial charge in [-0.05, 0) is 23.8 Å². The topological polar surface area (TPSA) is 98.1 Å². The number of carbonyl (C=O) groups excluding carboxylic acids is 2. The molecule has 1 aliphatic heterocycles. The van der Waals surface area contributed by atoms with E-state index < -0.39 is 0 Å². The molecule has 4 rings (SSSR count). The lowest BCUT2D eigenvalue weighted by atomic mass is 10.1. The summed E-state index contributed by atoms with van der Waals surface area (Å²) in [5.74, 6) is 0.260. The van der Waals surface area contributed by atoms with Gasteiger partial charge < -0.3 is 15.4 Å². The maximum absolute atomic E-state index is 12.5. The third kappa shape index (κ3) is 4.60. The van der Waals surface area contributed by atoms with Gasteiger partial charge in [-0.3, -0.25) is 19.3 Å². The van der Waals surface area contributed by atoms with Crippen LogP contribution < -0.4 is 15.4 Å². The zero-order valence-corrected chi connectivity index (χ0v) is 15.7. The summed E-state index contributed by atoms with van der Waals surface area (Å²) in [5.41, 5.74) is 2.28. The van der Waals surface area contributed by atoms with Gasteiger partial charge in [0.25, 0.3) is 11.8 Å². The Kier molecular flexibility index (Phi) is 5.51. The lowest BCUT2D eigenvalue weighted by molar-refractivity contribution is -0.123. The van der Waals surface area contributed by atoms with Crippen LogP contribution in [0.5, 0.6) is 5.75 Å². The maximum Gasteiger partial charge on any atom is 0.258 e. The molecular formula is C21H21N5O3. The third-order valence-corrected chi connectivity index (χ3v) is 4.68. The lowest BCUT2D eigenvalue weighted by Gasteiger charge is -2.12. The number of hydrogen-bond acceptors (Lipinski definition) is 5. The molecule has 0 bridgehead atoms.